The molecule has 1 heterocycles. The number of halogens is 1. The van der Waals surface area contributed by atoms with Crippen LogP contribution >= 0.6 is 23.4 Å². The summed E-state index contributed by atoms with van der Waals surface area (Å²) >= 11 is 8.39. The Morgan fingerprint density at radius 3 is 2.35 bits per heavy atom. The number of aryl methyl sites for hydroxylation is 2. The maximum atomic E-state index is 6.43. The summed E-state index contributed by atoms with van der Waals surface area (Å²) in [5, 5.41) is 8.98. The molecule has 1 N–H and O–H groups in total. The molecule has 0 atom stereocenters. The van der Waals surface area contributed by atoms with Crippen LogP contribution in [0.2, 0.25) is 5.02 Å². The standard InChI is InChI=1S/C15H28ClN3S/c1-6-12-14(16)13(19(9-4)18-12)10-17-11-15(7-2,8-3)20-5/h17H,6-11H2,1-5H3. The zero-order valence-electron chi connectivity index (χ0n) is 13.4. The highest BCUT2D eigenvalue weighted by Gasteiger charge is 2.24. The van der Waals surface area contributed by atoms with Crippen LogP contribution in [0.3, 0.4) is 0 Å². The monoisotopic (exact) mass is 317 g/mol. The number of aromatic nitrogens is 2. The molecule has 0 fully saturated rings. The topological polar surface area (TPSA) is 29.9 Å². The quantitative estimate of drug-likeness (QED) is 0.742. The van der Waals surface area contributed by atoms with Crippen molar-refractivity contribution in [2.45, 2.75) is 64.8 Å². The van der Waals surface area contributed by atoms with E-state index >= 15 is 0 Å². The van der Waals surface area contributed by atoms with E-state index in [-0.39, 0.29) is 0 Å². The van der Waals surface area contributed by atoms with Gasteiger partial charge < -0.3 is 5.32 Å². The lowest BCUT2D eigenvalue weighted by atomic mass is 10.0. The molecule has 0 bridgehead atoms. The molecular formula is C15H28ClN3S. The Bertz CT molecular complexity index is 405. The summed E-state index contributed by atoms with van der Waals surface area (Å²) < 4.78 is 2.35. The van der Waals surface area contributed by atoms with Crippen LogP contribution in [-0.2, 0) is 19.5 Å². The van der Waals surface area contributed by atoms with Crippen molar-refractivity contribution in [1.82, 2.24) is 15.1 Å². The molecule has 0 aliphatic carbocycles. The Morgan fingerprint density at radius 2 is 1.90 bits per heavy atom. The van der Waals surface area contributed by atoms with Gasteiger partial charge in [-0.1, -0.05) is 32.4 Å². The molecule has 0 radical (unpaired) electrons. The summed E-state index contributed by atoms with van der Waals surface area (Å²) in [6.07, 6.45) is 5.45. The number of nitrogens with one attached hydrogen (secondary N) is 1. The van der Waals surface area contributed by atoms with E-state index in [1.165, 1.54) is 12.8 Å². The van der Waals surface area contributed by atoms with Crippen molar-refractivity contribution < 1.29 is 0 Å². The van der Waals surface area contributed by atoms with Gasteiger partial charge in [0.25, 0.3) is 0 Å². The predicted molar refractivity (Wildman–Crippen MR) is 90.8 cm³/mol. The van der Waals surface area contributed by atoms with Gasteiger partial charge in [0.2, 0.25) is 0 Å². The molecule has 1 aromatic rings. The lowest BCUT2D eigenvalue weighted by Gasteiger charge is -2.30. The van der Waals surface area contributed by atoms with Crippen molar-refractivity contribution in [2.24, 2.45) is 0 Å². The SMILES string of the molecule is CCc1nn(CC)c(CNCC(CC)(CC)SC)c1Cl. The summed E-state index contributed by atoms with van der Waals surface area (Å²) in [5.41, 5.74) is 2.13. The molecule has 116 valence electrons. The van der Waals surface area contributed by atoms with E-state index in [0.29, 0.717) is 4.75 Å². The maximum absolute atomic E-state index is 6.43. The smallest absolute Gasteiger partial charge is 0.0863 e. The van der Waals surface area contributed by atoms with Crippen molar-refractivity contribution in [2.75, 3.05) is 12.8 Å². The summed E-state index contributed by atoms with van der Waals surface area (Å²) in [6.45, 7) is 11.4. The minimum atomic E-state index is 0.330. The summed E-state index contributed by atoms with van der Waals surface area (Å²) in [7, 11) is 0. The normalized spacial score (nSPS) is 12.1. The van der Waals surface area contributed by atoms with E-state index in [9.17, 15) is 0 Å². The second-order valence-corrected chi connectivity index (χ2v) is 6.73. The van der Waals surface area contributed by atoms with Crippen LogP contribution in [0.15, 0.2) is 0 Å². The lowest BCUT2D eigenvalue weighted by molar-refractivity contribution is 0.483. The number of hydrogen-bond donors (Lipinski definition) is 1. The number of nitrogens with zero attached hydrogens (tertiary/aromatic N) is 2. The second kappa shape index (κ2) is 8.30. The van der Waals surface area contributed by atoms with Gasteiger partial charge in [0.05, 0.1) is 16.4 Å². The fourth-order valence-electron chi connectivity index (χ4n) is 2.46. The average molecular weight is 318 g/mol. The number of rotatable bonds is 9. The van der Waals surface area contributed by atoms with Crippen molar-refractivity contribution in [1.29, 1.82) is 0 Å². The van der Waals surface area contributed by atoms with Crippen molar-refractivity contribution in [3.05, 3.63) is 16.4 Å². The molecule has 0 unspecified atom stereocenters. The molecule has 1 rings (SSSR count). The summed E-state index contributed by atoms with van der Waals surface area (Å²) in [4.78, 5) is 0. The molecule has 20 heavy (non-hydrogen) atoms. The molecule has 5 heteroatoms. The Morgan fingerprint density at radius 1 is 1.25 bits per heavy atom. The first-order chi connectivity index (χ1) is 9.57. The third-order valence-electron chi connectivity index (χ3n) is 4.16. The molecular weight excluding hydrogens is 290 g/mol. The average Bonchev–Trinajstić information content (AvgIpc) is 2.80. The molecule has 0 aromatic carbocycles. The molecule has 1 aromatic heterocycles. The Labute approximate surface area is 132 Å². The minimum absolute atomic E-state index is 0.330. The van der Waals surface area contributed by atoms with Gasteiger partial charge in [-0.2, -0.15) is 16.9 Å². The zero-order valence-corrected chi connectivity index (χ0v) is 15.0. The van der Waals surface area contributed by atoms with Gasteiger partial charge in [-0.15, -0.1) is 0 Å². The first-order valence-corrected chi connectivity index (χ1v) is 9.17. The highest BCUT2D eigenvalue weighted by molar-refractivity contribution is 8.00. The van der Waals surface area contributed by atoms with Crippen LogP contribution in [0.1, 0.15) is 51.9 Å². The molecule has 0 saturated heterocycles. The molecule has 0 spiro atoms. The first-order valence-electron chi connectivity index (χ1n) is 7.57. The fraction of sp³-hybridized carbons (Fsp3) is 0.800. The van der Waals surface area contributed by atoms with Crippen LogP contribution in [-0.4, -0.2) is 27.3 Å². The van der Waals surface area contributed by atoms with E-state index < -0.39 is 0 Å². The van der Waals surface area contributed by atoms with E-state index in [0.717, 1.165) is 42.5 Å². The molecule has 0 saturated carbocycles. The number of thioether (sulfide) groups is 1. The van der Waals surface area contributed by atoms with Gasteiger partial charge in [-0.25, -0.2) is 0 Å². The Balaban J connectivity index is 2.72. The van der Waals surface area contributed by atoms with Crippen LogP contribution in [0, 0.1) is 0 Å². The Kier molecular flexibility index (Phi) is 7.41. The fourth-order valence-corrected chi connectivity index (χ4v) is 3.62. The molecule has 0 aliphatic heterocycles. The molecule has 3 nitrogen and oxygen atoms in total. The van der Waals surface area contributed by atoms with E-state index in [2.05, 4.69) is 44.4 Å². The third kappa shape index (κ3) is 3.92. The summed E-state index contributed by atoms with van der Waals surface area (Å²) in [5.74, 6) is 0. The second-order valence-electron chi connectivity index (χ2n) is 5.07. The van der Waals surface area contributed by atoms with Crippen LogP contribution in [0.25, 0.3) is 0 Å². The largest absolute Gasteiger partial charge is 0.310 e. The van der Waals surface area contributed by atoms with Gasteiger partial charge in [0.15, 0.2) is 0 Å². The maximum Gasteiger partial charge on any atom is 0.0863 e. The van der Waals surface area contributed by atoms with Crippen molar-refractivity contribution in [3.8, 4) is 0 Å². The van der Waals surface area contributed by atoms with Crippen LogP contribution in [0.4, 0.5) is 0 Å². The third-order valence-corrected chi connectivity index (χ3v) is 6.18. The van der Waals surface area contributed by atoms with Crippen LogP contribution in [0.5, 0.6) is 0 Å². The minimum Gasteiger partial charge on any atom is -0.310 e. The predicted octanol–water partition coefficient (Wildman–Crippen LogP) is 4.13. The summed E-state index contributed by atoms with van der Waals surface area (Å²) in [6, 6.07) is 0. The molecule has 0 aliphatic rings. The van der Waals surface area contributed by atoms with Gasteiger partial charge in [-0.05, 0) is 32.4 Å². The highest BCUT2D eigenvalue weighted by Crippen LogP contribution is 2.30. The van der Waals surface area contributed by atoms with Gasteiger partial charge in [0.1, 0.15) is 0 Å². The first kappa shape index (κ1) is 17.9. The van der Waals surface area contributed by atoms with Crippen molar-refractivity contribution in [3.63, 3.8) is 0 Å². The van der Waals surface area contributed by atoms with Crippen molar-refractivity contribution >= 4 is 23.4 Å². The van der Waals surface area contributed by atoms with Crippen LogP contribution < -0.4 is 5.32 Å². The van der Waals surface area contributed by atoms with E-state index in [4.69, 9.17) is 11.6 Å². The van der Waals surface area contributed by atoms with Gasteiger partial charge >= 0.3 is 0 Å². The number of hydrogen-bond acceptors (Lipinski definition) is 3. The zero-order chi connectivity index (χ0) is 15.2. The van der Waals surface area contributed by atoms with E-state index in [1.54, 1.807) is 0 Å². The Hall–Kier alpha value is -0.190. The lowest BCUT2D eigenvalue weighted by Crippen LogP contribution is -2.36. The van der Waals surface area contributed by atoms with E-state index in [1.807, 2.05) is 16.4 Å². The molecule has 0 amide bonds. The van der Waals surface area contributed by atoms with Gasteiger partial charge in [0, 0.05) is 24.4 Å². The van der Waals surface area contributed by atoms with Gasteiger partial charge in [-0.3, -0.25) is 4.68 Å². The highest BCUT2D eigenvalue weighted by atomic mass is 35.5.